The number of hydrogen-bond acceptors (Lipinski definition) is 5. The zero-order valence-corrected chi connectivity index (χ0v) is 16.9. The molecule has 29 heavy (non-hydrogen) atoms. The number of rotatable bonds is 6. The van der Waals surface area contributed by atoms with E-state index in [1.807, 2.05) is 0 Å². The molecule has 2 aromatic carbocycles. The molecule has 1 fully saturated rings. The summed E-state index contributed by atoms with van der Waals surface area (Å²) in [7, 11) is -0.735. The van der Waals surface area contributed by atoms with Crippen molar-refractivity contribution >= 4 is 27.6 Å². The maximum atomic E-state index is 13.9. The zero-order chi connectivity index (χ0) is 21.2. The van der Waals surface area contributed by atoms with Gasteiger partial charge in [-0.15, -0.1) is 0 Å². The largest absolute Gasteiger partial charge is 0.461 e. The van der Waals surface area contributed by atoms with Crippen LogP contribution in [0.1, 0.15) is 12.0 Å². The molecule has 0 N–H and O–H groups in total. The smallest absolute Gasteiger partial charge is 0.311 e. The summed E-state index contributed by atoms with van der Waals surface area (Å²) >= 11 is 0. The van der Waals surface area contributed by atoms with Gasteiger partial charge in [-0.1, -0.05) is 24.3 Å². The number of benzene rings is 2. The molecule has 0 aromatic heterocycles. The first kappa shape index (κ1) is 20.9. The van der Waals surface area contributed by atoms with Gasteiger partial charge in [-0.25, -0.2) is 17.1 Å². The first-order chi connectivity index (χ1) is 13.7. The highest BCUT2D eigenvalue weighted by molar-refractivity contribution is 7.89. The van der Waals surface area contributed by atoms with Crippen molar-refractivity contribution in [1.29, 1.82) is 0 Å². The second-order valence-electron chi connectivity index (χ2n) is 6.90. The van der Waals surface area contributed by atoms with Gasteiger partial charge >= 0.3 is 5.97 Å². The van der Waals surface area contributed by atoms with Gasteiger partial charge in [0.2, 0.25) is 15.9 Å². The molecule has 154 valence electrons. The summed E-state index contributed by atoms with van der Waals surface area (Å²) in [5, 5.41) is 0. The van der Waals surface area contributed by atoms with Gasteiger partial charge in [0.25, 0.3) is 0 Å². The van der Waals surface area contributed by atoms with Crippen molar-refractivity contribution in [3.8, 4) is 0 Å². The van der Waals surface area contributed by atoms with E-state index in [1.165, 1.54) is 49.3 Å². The summed E-state index contributed by atoms with van der Waals surface area (Å²) < 4.78 is 44.7. The molecule has 0 bridgehead atoms. The van der Waals surface area contributed by atoms with Gasteiger partial charge in [-0.05, 0) is 29.8 Å². The third-order valence-corrected chi connectivity index (χ3v) is 6.47. The molecule has 1 atom stereocenters. The Labute approximate surface area is 168 Å². The maximum Gasteiger partial charge on any atom is 0.311 e. The van der Waals surface area contributed by atoms with E-state index in [2.05, 4.69) is 0 Å². The zero-order valence-electron chi connectivity index (χ0n) is 16.0. The van der Waals surface area contributed by atoms with Gasteiger partial charge in [0.15, 0.2) is 0 Å². The molecule has 1 saturated heterocycles. The Hall–Kier alpha value is -2.78. The lowest BCUT2D eigenvalue weighted by molar-refractivity contribution is -0.149. The molecule has 1 heterocycles. The van der Waals surface area contributed by atoms with Gasteiger partial charge in [-0.3, -0.25) is 9.59 Å². The van der Waals surface area contributed by atoms with Gasteiger partial charge in [0, 0.05) is 27.1 Å². The van der Waals surface area contributed by atoms with Crippen LogP contribution in [0.3, 0.4) is 0 Å². The molecule has 0 aliphatic carbocycles. The molecule has 0 radical (unpaired) electrons. The summed E-state index contributed by atoms with van der Waals surface area (Å²) in [5.74, 6) is -2.18. The van der Waals surface area contributed by atoms with Crippen molar-refractivity contribution in [2.75, 3.05) is 25.5 Å². The van der Waals surface area contributed by atoms with E-state index < -0.39 is 27.7 Å². The molecule has 3 rings (SSSR count). The fraction of sp³-hybridized carbons (Fsp3) is 0.300. The van der Waals surface area contributed by atoms with Crippen LogP contribution in [0.2, 0.25) is 0 Å². The highest BCUT2D eigenvalue weighted by Gasteiger charge is 2.37. The summed E-state index contributed by atoms with van der Waals surface area (Å²) in [4.78, 5) is 25.9. The quantitative estimate of drug-likeness (QED) is 0.669. The van der Waals surface area contributed by atoms with Crippen LogP contribution in [0.25, 0.3) is 0 Å². The third-order valence-electron chi connectivity index (χ3n) is 4.66. The highest BCUT2D eigenvalue weighted by Crippen LogP contribution is 2.28. The Balaban J connectivity index is 1.65. The number of esters is 1. The van der Waals surface area contributed by atoms with E-state index in [4.69, 9.17) is 4.74 Å². The Morgan fingerprint density at radius 2 is 1.93 bits per heavy atom. The van der Waals surface area contributed by atoms with Crippen molar-refractivity contribution in [3.63, 3.8) is 0 Å². The highest BCUT2D eigenvalue weighted by atomic mass is 32.2. The molecular formula is C20H21FN2O5S. The van der Waals surface area contributed by atoms with Crippen LogP contribution in [0.5, 0.6) is 0 Å². The molecule has 0 unspecified atom stereocenters. The lowest BCUT2D eigenvalue weighted by Gasteiger charge is -2.17. The summed E-state index contributed by atoms with van der Waals surface area (Å²) in [6.45, 7) is -0.0896. The van der Waals surface area contributed by atoms with Crippen molar-refractivity contribution in [2.45, 2.75) is 17.9 Å². The maximum absolute atomic E-state index is 13.9. The van der Waals surface area contributed by atoms with Crippen LogP contribution in [-0.2, 0) is 31.0 Å². The van der Waals surface area contributed by atoms with Gasteiger partial charge in [0.1, 0.15) is 12.4 Å². The number of ether oxygens (including phenoxy) is 1. The van der Waals surface area contributed by atoms with Crippen LogP contribution in [0.15, 0.2) is 53.4 Å². The van der Waals surface area contributed by atoms with E-state index in [-0.39, 0.29) is 36.1 Å². The fourth-order valence-corrected chi connectivity index (χ4v) is 4.02. The Morgan fingerprint density at radius 1 is 1.21 bits per heavy atom. The molecule has 9 heteroatoms. The Kier molecular flexibility index (Phi) is 5.99. The second kappa shape index (κ2) is 8.30. The van der Waals surface area contributed by atoms with Crippen LogP contribution >= 0.6 is 0 Å². The minimum absolute atomic E-state index is 0.0354. The first-order valence-electron chi connectivity index (χ1n) is 8.93. The number of anilines is 1. The number of carbonyl (C=O) groups is 2. The molecule has 7 nitrogen and oxygen atoms in total. The molecular weight excluding hydrogens is 399 g/mol. The number of sulfonamides is 1. The second-order valence-corrected chi connectivity index (χ2v) is 9.05. The number of hydrogen-bond donors (Lipinski definition) is 0. The molecule has 1 aliphatic rings. The van der Waals surface area contributed by atoms with Gasteiger partial charge in [-0.2, -0.15) is 0 Å². The molecule has 2 aromatic rings. The average molecular weight is 420 g/mol. The van der Waals surface area contributed by atoms with E-state index in [1.54, 1.807) is 18.2 Å². The predicted molar refractivity (Wildman–Crippen MR) is 104 cm³/mol. The third kappa shape index (κ3) is 4.46. The van der Waals surface area contributed by atoms with Crippen LogP contribution < -0.4 is 4.90 Å². The van der Waals surface area contributed by atoms with Crippen LogP contribution in [0.4, 0.5) is 10.1 Å². The normalized spacial score (nSPS) is 17.0. The minimum atomic E-state index is -3.60. The average Bonchev–Trinajstić information content (AvgIpc) is 3.08. The van der Waals surface area contributed by atoms with Crippen molar-refractivity contribution in [2.24, 2.45) is 5.92 Å². The number of halogens is 1. The number of nitrogens with zero attached hydrogens (tertiary/aromatic N) is 2. The van der Waals surface area contributed by atoms with Crippen molar-refractivity contribution in [1.82, 2.24) is 4.31 Å². The Morgan fingerprint density at radius 3 is 2.62 bits per heavy atom. The number of para-hydroxylation sites is 1. The number of carbonyl (C=O) groups excluding carboxylic acids is 2. The lowest BCUT2D eigenvalue weighted by Crippen LogP contribution is -2.27. The fourth-order valence-electron chi connectivity index (χ4n) is 3.05. The summed E-state index contributed by atoms with van der Waals surface area (Å²) in [6, 6.07) is 12.0. The summed E-state index contributed by atoms with van der Waals surface area (Å²) in [6.07, 6.45) is -0.0672. The summed E-state index contributed by atoms with van der Waals surface area (Å²) in [5.41, 5.74) is 0.644. The van der Waals surface area contributed by atoms with E-state index >= 15 is 0 Å². The van der Waals surface area contributed by atoms with Crippen molar-refractivity contribution in [3.05, 3.63) is 59.9 Å². The SMILES string of the molecule is CN(C)S(=O)(=O)c1cccc(COC(=O)[C@@H]2CC(=O)N(c3ccccc3F)C2)c1. The molecule has 0 saturated carbocycles. The minimum Gasteiger partial charge on any atom is -0.461 e. The van der Waals surface area contributed by atoms with Gasteiger partial charge < -0.3 is 9.64 Å². The predicted octanol–water partition coefficient (Wildman–Crippen LogP) is 2.17. The molecule has 1 aliphatic heterocycles. The monoisotopic (exact) mass is 420 g/mol. The van der Waals surface area contributed by atoms with Crippen LogP contribution in [-0.4, -0.2) is 45.2 Å². The van der Waals surface area contributed by atoms with Gasteiger partial charge in [0.05, 0.1) is 16.5 Å². The molecule has 1 amide bonds. The van der Waals surface area contributed by atoms with E-state index in [0.717, 1.165) is 4.31 Å². The Bertz CT molecular complexity index is 1040. The van der Waals surface area contributed by atoms with E-state index in [9.17, 15) is 22.4 Å². The van der Waals surface area contributed by atoms with Crippen LogP contribution in [0, 0.1) is 11.7 Å². The topological polar surface area (TPSA) is 84.0 Å². The standard InChI is InChI=1S/C20H21FN2O5S/c1-22(2)29(26,27)16-7-5-6-14(10-16)13-28-20(25)15-11-19(24)23(12-15)18-9-4-3-8-17(18)21/h3-10,15H,11-13H2,1-2H3/t15-/m1/s1. The number of amides is 1. The molecule has 0 spiro atoms. The van der Waals surface area contributed by atoms with Crippen molar-refractivity contribution < 1.29 is 27.1 Å². The first-order valence-corrected chi connectivity index (χ1v) is 10.4. The van der Waals surface area contributed by atoms with E-state index in [0.29, 0.717) is 5.56 Å². The lowest BCUT2D eigenvalue weighted by atomic mass is 10.1.